The number of nitro benzene ring substituents is 1. The third kappa shape index (κ3) is 2.77. The number of hydrogen-bond acceptors (Lipinski definition) is 4. The van der Waals surface area contributed by atoms with Crippen LogP contribution in [0.5, 0.6) is 5.75 Å². The third-order valence-electron chi connectivity index (χ3n) is 3.08. The SMILES string of the molecule is O=C(O)CC1(COc2ccccc2[N+](=O)[O-])CC1. The van der Waals surface area contributed by atoms with Crippen LogP contribution in [0.25, 0.3) is 0 Å². The lowest BCUT2D eigenvalue weighted by Crippen LogP contribution is -2.17. The van der Waals surface area contributed by atoms with Crippen molar-refractivity contribution in [1.29, 1.82) is 0 Å². The van der Waals surface area contributed by atoms with E-state index in [1.807, 2.05) is 0 Å². The molecule has 1 aliphatic carbocycles. The Kier molecular flexibility index (Phi) is 3.18. The number of carbonyl (C=O) groups is 1. The zero-order chi connectivity index (χ0) is 13.2. The van der Waals surface area contributed by atoms with Gasteiger partial charge in [0.25, 0.3) is 0 Å². The standard InChI is InChI=1S/C12H13NO5/c14-11(15)7-12(5-6-12)8-18-10-4-2-1-3-9(10)13(16)17/h1-4H,5-8H2,(H,14,15). The Morgan fingerprint density at radius 2 is 2.11 bits per heavy atom. The molecule has 0 bridgehead atoms. The predicted octanol–water partition coefficient (Wildman–Crippen LogP) is 2.23. The number of carboxylic acid groups (broad SMARTS) is 1. The van der Waals surface area contributed by atoms with Gasteiger partial charge in [-0.05, 0) is 18.9 Å². The molecule has 0 radical (unpaired) electrons. The Balaban J connectivity index is 2.03. The Morgan fingerprint density at radius 3 is 2.67 bits per heavy atom. The second kappa shape index (κ2) is 4.64. The van der Waals surface area contributed by atoms with E-state index in [9.17, 15) is 14.9 Å². The molecule has 0 heterocycles. The minimum atomic E-state index is -0.862. The van der Waals surface area contributed by atoms with Crippen LogP contribution in [-0.2, 0) is 4.79 Å². The summed E-state index contributed by atoms with van der Waals surface area (Å²) in [5.74, 6) is -0.669. The highest BCUT2D eigenvalue weighted by molar-refractivity contribution is 5.68. The molecule has 1 fully saturated rings. The summed E-state index contributed by atoms with van der Waals surface area (Å²) in [4.78, 5) is 20.9. The van der Waals surface area contributed by atoms with Crippen LogP contribution in [-0.4, -0.2) is 22.6 Å². The van der Waals surface area contributed by atoms with Gasteiger partial charge in [0.2, 0.25) is 0 Å². The highest BCUT2D eigenvalue weighted by atomic mass is 16.6. The highest BCUT2D eigenvalue weighted by Gasteiger charge is 2.45. The second-order valence-electron chi connectivity index (χ2n) is 4.58. The van der Waals surface area contributed by atoms with Gasteiger partial charge in [-0.3, -0.25) is 14.9 Å². The van der Waals surface area contributed by atoms with Crippen LogP contribution < -0.4 is 4.74 Å². The molecular formula is C12H13NO5. The van der Waals surface area contributed by atoms with Gasteiger partial charge in [-0.1, -0.05) is 12.1 Å². The van der Waals surface area contributed by atoms with E-state index in [4.69, 9.17) is 9.84 Å². The lowest BCUT2D eigenvalue weighted by atomic mass is 10.0. The van der Waals surface area contributed by atoms with Crippen molar-refractivity contribution >= 4 is 11.7 Å². The summed E-state index contributed by atoms with van der Waals surface area (Å²) < 4.78 is 5.42. The first-order chi connectivity index (χ1) is 8.52. The molecule has 6 heteroatoms. The zero-order valence-corrected chi connectivity index (χ0v) is 9.67. The Labute approximate surface area is 103 Å². The van der Waals surface area contributed by atoms with Crippen LogP contribution in [0.2, 0.25) is 0 Å². The van der Waals surface area contributed by atoms with Gasteiger partial charge in [-0.15, -0.1) is 0 Å². The molecule has 1 saturated carbocycles. The molecule has 6 nitrogen and oxygen atoms in total. The lowest BCUT2D eigenvalue weighted by Gasteiger charge is -2.13. The summed E-state index contributed by atoms with van der Waals surface area (Å²) in [6.07, 6.45) is 1.63. The normalized spacial score (nSPS) is 16.0. The van der Waals surface area contributed by atoms with Crippen LogP contribution in [0.15, 0.2) is 24.3 Å². The van der Waals surface area contributed by atoms with Crippen LogP contribution in [0.4, 0.5) is 5.69 Å². The average Bonchev–Trinajstić information content (AvgIpc) is 3.06. The second-order valence-corrected chi connectivity index (χ2v) is 4.58. The maximum absolute atomic E-state index is 10.8. The van der Waals surface area contributed by atoms with Gasteiger partial charge in [-0.2, -0.15) is 0 Å². The van der Waals surface area contributed by atoms with Gasteiger partial charge in [0.1, 0.15) is 0 Å². The van der Waals surface area contributed by atoms with E-state index in [0.29, 0.717) is 0 Å². The fraction of sp³-hybridized carbons (Fsp3) is 0.417. The molecule has 0 unspecified atom stereocenters. The van der Waals surface area contributed by atoms with E-state index in [1.165, 1.54) is 12.1 Å². The van der Waals surface area contributed by atoms with Crippen molar-refractivity contribution in [3.05, 3.63) is 34.4 Å². The minimum absolute atomic E-state index is 0.0492. The summed E-state index contributed by atoms with van der Waals surface area (Å²) in [5, 5.41) is 19.5. The van der Waals surface area contributed by atoms with Crippen molar-refractivity contribution in [3.8, 4) is 5.75 Å². The van der Waals surface area contributed by atoms with Crippen molar-refractivity contribution < 1.29 is 19.6 Å². The summed E-state index contributed by atoms with van der Waals surface area (Å²) >= 11 is 0. The molecule has 0 atom stereocenters. The number of benzene rings is 1. The number of ether oxygens (including phenoxy) is 1. The van der Waals surface area contributed by atoms with Gasteiger partial charge in [0, 0.05) is 11.5 Å². The molecule has 1 aromatic rings. The fourth-order valence-corrected chi connectivity index (χ4v) is 1.83. The summed E-state index contributed by atoms with van der Waals surface area (Å²) in [6.45, 7) is 0.212. The predicted molar refractivity (Wildman–Crippen MR) is 62.5 cm³/mol. The van der Waals surface area contributed by atoms with Gasteiger partial charge in [0.05, 0.1) is 18.0 Å². The van der Waals surface area contributed by atoms with E-state index in [0.717, 1.165) is 12.8 Å². The number of aliphatic carboxylic acids is 1. The van der Waals surface area contributed by atoms with Crippen LogP contribution in [0.3, 0.4) is 0 Å². The van der Waals surface area contributed by atoms with Gasteiger partial charge >= 0.3 is 11.7 Å². The van der Waals surface area contributed by atoms with E-state index >= 15 is 0 Å². The number of nitrogens with zero attached hydrogens (tertiary/aromatic N) is 1. The molecule has 18 heavy (non-hydrogen) atoms. The van der Waals surface area contributed by atoms with Crippen LogP contribution in [0.1, 0.15) is 19.3 Å². The minimum Gasteiger partial charge on any atom is -0.486 e. The quantitative estimate of drug-likeness (QED) is 0.618. The first kappa shape index (κ1) is 12.3. The summed E-state index contributed by atoms with van der Waals surface area (Å²) in [6, 6.07) is 6.11. The first-order valence-electron chi connectivity index (χ1n) is 5.60. The summed E-state index contributed by atoms with van der Waals surface area (Å²) in [7, 11) is 0. The van der Waals surface area contributed by atoms with E-state index in [-0.39, 0.29) is 29.9 Å². The molecule has 1 aromatic carbocycles. The number of para-hydroxylation sites is 2. The van der Waals surface area contributed by atoms with Crippen molar-refractivity contribution in [2.75, 3.05) is 6.61 Å². The van der Waals surface area contributed by atoms with Crippen molar-refractivity contribution in [2.24, 2.45) is 5.41 Å². The zero-order valence-electron chi connectivity index (χ0n) is 9.67. The molecule has 0 amide bonds. The molecule has 2 rings (SSSR count). The molecule has 0 saturated heterocycles. The molecule has 1 aliphatic rings. The van der Waals surface area contributed by atoms with Crippen molar-refractivity contribution in [2.45, 2.75) is 19.3 Å². The fourth-order valence-electron chi connectivity index (χ4n) is 1.83. The first-order valence-corrected chi connectivity index (χ1v) is 5.60. The van der Waals surface area contributed by atoms with Crippen molar-refractivity contribution in [3.63, 3.8) is 0 Å². The van der Waals surface area contributed by atoms with E-state index in [2.05, 4.69) is 0 Å². The van der Waals surface area contributed by atoms with Crippen LogP contribution >= 0.6 is 0 Å². The molecular weight excluding hydrogens is 238 g/mol. The Hall–Kier alpha value is -2.11. The molecule has 1 N–H and O–H groups in total. The monoisotopic (exact) mass is 251 g/mol. The largest absolute Gasteiger partial charge is 0.486 e. The van der Waals surface area contributed by atoms with Gasteiger partial charge in [-0.25, -0.2) is 0 Å². The maximum atomic E-state index is 10.8. The molecule has 0 aliphatic heterocycles. The molecule has 96 valence electrons. The number of nitro groups is 1. The van der Waals surface area contributed by atoms with E-state index < -0.39 is 10.9 Å². The third-order valence-corrected chi connectivity index (χ3v) is 3.08. The number of hydrogen-bond donors (Lipinski definition) is 1. The smallest absolute Gasteiger partial charge is 0.310 e. The topological polar surface area (TPSA) is 89.7 Å². The maximum Gasteiger partial charge on any atom is 0.310 e. The summed E-state index contributed by atoms with van der Waals surface area (Å²) in [5.41, 5.74) is -0.432. The van der Waals surface area contributed by atoms with E-state index in [1.54, 1.807) is 12.1 Å². The van der Waals surface area contributed by atoms with Crippen molar-refractivity contribution in [1.82, 2.24) is 0 Å². The van der Waals surface area contributed by atoms with Crippen LogP contribution in [0, 0.1) is 15.5 Å². The van der Waals surface area contributed by atoms with Gasteiger partial charge in [0.15, 0.2) is 5.75 Å². The average molecular weight is 251 g/mol. The highest BCUT2D eigenvalue weighted by Crippen LogP contribution is 2.49. The molecule has 0 spiro atoms. The number of rotatable bonds is 6. The van der Waals surface area contributed by atoms with Gasteiger partial charge < -0.3 is 9.84 Å². The Bertz CT molecular complexity index is 481. The molecule has 0 aromatic heterocycles. The lowest BCUT2D eigenvalue weighted by molar-refractivity contribution is -0.385. The Morgan fingerprint density at radius 1 is 1.44 bits per heavy atom. The number of carboxylic acids is 1.